The summed E-state index contributed by atoms with van der Waals surface area (Å²) in [6.07, 6.45) is 0. The van der Waals surface area contributed by atoms with Gasteiger partial charge in [0.05, 0.1) is 17.8 Å². The Morgan fingerprint density at radius 1 is 1.44 bits per heavy atom. The van der Waals surface area contributed by atoms with Gasteiger partial charge in [0, 0.05) is 11.1 Å². The highest BCUT2D eigenvalue weighted by molar-refractivity contribution is 6.31. The molecule has 18 heavy (non-hydrogen) atoms. The number of hydrogen-bond donors (Lipinski definition) is 0. The van der Waals surface area contributed by atoms with E-state index in [1.807, 2.05) is 24.3 Å². The smallest absolute Gasteiger partial charge is 0.268 e. The first-order valence-corrected chi connectivity index (χ1v) is 5.72. The van der Waals surface area contributed by atoms with E-state index in [1.165, 1.54) is 10.7 Å². The van der Waals surface area contributed by atoms with E-state index in [9.17, 15) is 4.79 Å². The van der Waals surface area contributed by atoms with E-state index in [-0.39, 0.29) is 5.56 Å². The molecular weight excluding hydrogens is 250 g/mol. The predicted molar refractivity (Wildman–Crippen MR) is 68.5 cm³/mol. The minimum atomic E-state index is -0.308. The topological polar surface area (TPSA) is 58.7 Å². The predicted octanol–water partition coefficient (Wildman–Crippen LogP) is 2.13. The maximum Gasteiger partial charge on any atom is 0.268 e. The van der Waals surface area contributed by atoms with Gasteiger partial charge < -0.3 is 0 Å². The second-order valence-electron chi connectivity index (χ2n) is 3.84. The Bertz CT molecular complexity index is 685. The summed E-state index contributed by atoms with van der Waals surface area (Å²) in [6, 6.07) is 10.5. The summed E-state index contributed by atoms with van der Waals surface area (Å²) in [6.45, 7) is 1.99. The number of rotatable bonds is 2. The zero-order valence-electron chi connectivity index (χ0n) is 9.72. The normalized spacial score (nSPS) is 10.1. The van der Waals surface area contributed by atoms with E-state index in [4.69, 9.17) is 16.9 Å². The van der Waals surface area contributed by atoms with E-state index < -0.39 is 0 Å². The van der Waals surface area contributed by atoms with E-state index >= 15 is 0 Å². The van der Waals surface area contributed by atoms with Gasteiger partial charge in [0.15, 0.2) is 0 Å². The fourth-order valence-corrected chi connectivity index (χ4v) is 1.80. The summed E-state index contributed by atoms with van der Waals surface area (Å²) in [7, 11) is 0. The second-order valence-corrected chi connectivity index (χ2v) is 4.25. The lowest BCUT2D eigenvalue weighted by atomic mass is 10.2. The highest BCUT2D eigenvalue weighted by Gasteiger charge is 2.06. The molecular formula is C13H10ClN3O. The highest BCUT2D eigenvalue weighted by atomic mass is 35.5. The van der Waals surface area contributed by atoms with Crippen molar-refractivity contribution in [1.29, 1.82) is 5.26 Å². The van der Waals surface area contributed by atoms with Gasteiger partial charge in [-0.1, -0.05) is 29.8 Å². The van der Waals surface area contributed by atoms with Crippen LogP contribution in [0.2, 0.25) is 5.02 Å². The van der Waals surface area contributed by atoms with Crippen molar-refractivity contribution in [3.8, 4) is 6.07 Å². The molecule has 1 aromatic heterocycles. The standard InChI is InChI=1S/C13H10ClN3O/c1-9-11(7-15)6-13(18)17(16-9)8-10-4-2-3-5-12(10)14/h2-6H,8H2,1H3. The molecule has 0 saturated carbocycles. The van der Waals surface area contributed by atoms with E-state index in [1.54, 1.807) is 13.0 Å². The third-order valence-corrected chi connectivity index (χ3v) is 2.95. The fourth-order valence-electron chi connectivity index (χ4n) is 1.60. The Morgan fingerprint density at radius 2 is 2.17 bits per heavy atom. The Kier molecular flexibility index (Phi) is 3.45. The van der Waals surface area contributed by atoms with Crippen molar-refractivity contribution in [3.05, 3.63) is 62.5 Å². The summed E-state index contributed by atoms with van der Waals surface area (Å²) in [5.74, 6) is 0. The molecule has 0 amide bonds. The lowest BCUT2D eigenvalue weighted by Gasteiger charge is -2.07. The van der Waals surface area contributed by atoms with Gasteiger partial charge in [-0.25, -0.2) is 4.68 Å². The molecule has 0 unspecified atom stereocenters. The van der Waals surface area contributed by atoms with Gasteiger partial charge in [0.1, 0.15) is 6.07 Å². The van der Waals surface area contributed by atoms with Crippen molar-refractivity contribution in [3.63, 3.8) is 0 Å². The largest absolute Gasteiger partial charge is 0.268 e. The van der Waals surface area contributed by atoms with Gasteiger partial charge in [-0.05, 0) is 18.6 Å². The lowest BCUT2D eigenvalue weighted by Crippen LogP contribution is -2.24. The maximum atomic E-state index is 11.8. The van der Waals surface area contributed by atoms with E-state index in [2.05, 4.69) is 5.10 Å². The number of aromatic nitrogens is 2. The molecule has 0 aliphatic heterocycles. The molecule has 0 aliphatic rings. The number of nitrogens with zero attached hydrogens (tertiary/aromatic N) is 3. The quantitative estimate of drug-likeness (QED) is 0.830. The summed E-state index contributed by atoms with van der Waals surface area (Å²) in [4.78, 5) is 11.8. The summed E-state index contributed by atoms with van der Waals surface area (Å²) >= 11 is 6.03. The number of halogens is 1. The van der Waals surface area contributed by atoms with Crippen LogP contribution in [-0.2, 0) is 6.54 Å². The summed E-state index contributed by atoms with van der Waals surface area (Å²) in [5.41, 5.74) is 1.34. The minimum Gasteiger partial charge on any atom is -0.268 e. The van der Waals surface area contributed by atoms with Crippen LogP contribution in [0, 0.1) is 18.3 Å². The third-order valence-electron chi connectivity index (χ3n) is 2.58. The Balaban J connectivity index is 2.43. The zero-order valence-corrected chi connectivity index (χ0v) is 10.5. The molecule has 0 bridgehead atoms. The van der Waals surface area contributed by atoms with Crippen molar-refractivity contribution in [1.82, 2.24) is 9.78 Å². The summed E-state index contributed by atoms with van der Waals surface area (Å²) < 4.78 is 1.30. The lowest BCUT2D eigenvalue weighted by molar-refractivity contribution is 0.627. The van der Waals surface area contributed by atoms with Crippen molar-refractivity contribution in [2.24, 2.45) is 0 Å². The average molecular weight is 260 g/mol. The van der Waals surface area contributed by atoms with Crippen LogP contribution in [0.1, 0.15) is 16.8 Å². The molecule has 1 aromatic carbocycles. The van der Waals surface area contributed by atoms with Crippen LogP contribution in [-0.4, -0.2) is 9.78 Å². The molecule has 2 rings (SSSR count). The summed E-state index contributed by atoms with van der Waals surface area (Å²) in [5, 5.41) is 13.5. The zero-order chi connectivity index (χ0) is 13.1. The first kappa shape index (κ1) is 12.3. The SMILES string of the molecule is Cc1nn(Cc2ccccc2Cl)c(=O)cc1C#N. The minimum absolute atomic E-state index is 0.297. The van der Waals surface area contributed by atoms with Gasteiger partial charge in [-0.15, -0.1) is 0 Å². The van der Waals surface area contributed by atoms with Crippen molar-refractivity contribution in [2.75, 3.05) is 0 Å². The molecule has 2 aromatic rings. The van der Waals surface area contributed by atoms with Crippen molar-refractivity contribution in [2.45, 2.75) is 13.5 Å². The third kappa shape index (κ3) is 2.41. The Morgan fingerprint density at radius 3 is 2.83 bits per heavy atom. The van der Waals surface area contributed by atoms with Crippen LogP contribution in [0.15, 0.2) is 35.1 Å². The van der Waals surface area contributed by atoms with Gasteiger partial charge in [-0.3, -0.25) is 4.79 Å². The van der Waals surface area contributed by atoms with Crippen molar-refractivity contribution >= 4 is 11.6 Å². The maximum absolute atomic E-state index is 11.8. The molecule has 5 heteroatoms. The van der Waals surface area contributed by atoms with Crippen LogP contribution in [0.4, 0.5) is 0 Å². The van der Waals surface area contributed by atoms with Gasteiger partial charge in [0.25, 0.3) is 5.56 Å². The van der Waals surface area contributed by atoms with Crippen LogP contribution >= 0.6 is 11.6 Å². The highest BCUT2D eigenvalue weighted by Crippen LogP contribution is 2.15. The number of benzene rings is 1. The number of aryl methyl sites for hydroxylation is 1. The van der Waals surface area contributed by atoms with E-state index in [0.717, 1.165) is 5.56 Å². The molecule has 0 aliphatic carbocycles. The van der Waals surface area contributed by atoms with E-state index in [0.29, 0.717) is 22.8 Å². The molecule has 0 atom stereocenters. The first-order chi connectivity index (χ1) is 8.61. The van der Waals surface area contributed by atoms with Crippen LogP contribution in [0.3, 0.4) is 0 Å². The molecule has 90 valence electrons. The van der Waals surface area contributed by atoms with Gasteiger partial charge >= 0.3 is 0 Å². The molecule has 4 nitrogen and oxygen atoms in total. The molecule has 0 radical (unpaired) electrons. The molecule has 0 N–H and O–H groups in total. The van der Waals surface area contributed by atoms with Gasteiger partial charge in [-0.2, -0.15) is 10.4 Å². The average Bonchev–Trinajstić information content (AvgIpc) is 2.36. The fraction of sp³-hybridized carbons (Fsp3) is 0.154. The number of nitriles is 1. The van der Waals surface area contributed by atoms with Crippen molar-refractivity contribution < 1.29 is 0 Å². The Labute approximate surface area is 109 Å². The molecule has 0 spiro atoms. The first-order valence-electron chi connectivity index (χ1n) is 5.34. The monoisotopic (exact) mass is 259 g/mol. The molecule has 1 heterocycles. The Hall–Kier alpha value is -2.12. The second kappa shape index (κ2) is 5.03. The van der Waals surface area contributed by atoms with Crippen LogP contribution in [0.25, 0.3) is 0 Å². The van der Waals surface area contributed by atoms with Crippen LogP contribution < -0.4 is 5.56 Å². The molecule has 0 fully saturated rings. The molecule has 0 saturated heterocycles. The van der Waals surface area contributed by atoms with Gasteiger partial charge in [0.2, 0.25) is 0 Å². The number of hydrogen-bond acceptors (Lipinski definition) is 3. The van der Waals surface area contributed by atoms with Crippen LogP contribution in [0.5, 0.6) is 0 Å².